The summed E-state index contributed by atoms with van der Waals surface area (Å²) < 4.78 is 0. The van der Waals surface area contributed by atoms with Gasteiger partial charge in [0.25, 0.3) is 0 Å². The zero-order valence-electron chi connectivity index (χ0n) is 12.1. The molecule has 1 aromatic heterocycles. The Morgan fingerprint density at radius 3 is 2.68 bits per heavy atom. The lowest BCUT2D eigenvalue weighted by atomic mass is 9.81. The van der Waals surface area contributed by atoms with Crippen molar-refractivity contribution in [1.29, 1.82) is 0 Å². The summed E-state index contributed by atoms with van der Waals surface area (Å²) in [6.07, 6.45) is 10.6. The number of nitrogens with one attached hydrogen (secondary N) is 1. The van der Waals surface area contributed by atoms with Crippen molar-refractivity contribution in [2.24, 2.45) is 0 Å². The average Bonchev–Trinajstić information content (AvgIpc) is 2.39. The van der Waals surface area contributed by atoms with E-state index in [4.69, 9.17) is 0 Å². The first-order valence-corrected chi connectivity index (χ1v) is 7.72. The van der Waals surface area contributed by atoms with E-state index in [9.17, 15) is 0 Å². The van der Waals surface area contributed by atoms with Crippen LogP contribution in [0.5, 0.6) is 0 Å². The van der Waals surface area contributed by atoms with Gasteiger partial charge in [-0.3, -0.25) is 4.98 Å². The van der Waals surface area contributed by atoms with Crippen LogP contribution >= 0.6 is 0 Å². The molecule has 104 valence electrons. The molecular weight excluding hydrogens is 234 g/mol. The normalized spacial score (nSPS) is 30.4. The predicted molar refractivity (Wildman–Crippen MR) is 79.6 cm³/mol. The van der Waals surface area contributed by atoms with Crippen LogP contribution in [0.4, 0.5) is 5.69 Å². The highest BCUT2D eigenvalue weighted by molar-refractivity contribution is 5.53. The Morgan fingerprint density at radius 1 is 1.32 bits per heavy atom. The largest absolute Gasteiger partial charge is 0.364 e. The summed E-state index contributed by atoms with van der Waals surface area (Å²) >= 11 is 0. The summed E-state index contributed by atoms with van der Waals surface area (Å²) in [5, 5.41) is 3.66. The molecule has 0 aromatic carbocycles. The van der Waals surface area contributed by atoms with Gasteiger partial charge >= 0.3 is 0 Å². The number of aryl methyl sites for hydroxylation is 1. The molecule has 0 aliphatic carbocycles. The molecule has 19 heavy (non-hydrogen) atoms. The monoisotopic (exact) mass is 259 g/mol. The van der Waals surface area contributed by atoms with Gasteiger partial charge in [0.05, 0.1) is 11.9 Å². The number of aromatic nitrogens is 1. The van der Waals surface area contributed by atoms with Gasteiger partial charge in [0.2, 0.25) is 0 Å². The molecule has 1 N–H and O–H groups in total. The summed E-state index contributed by atoms with van der Waals surface area (Å²) in [5.41, 5.74) is 2.74. The van der Waals surface area contributed by atoms with Crippen LogP contribution in [0.15, 0.2) is 18.5 Å². The van der Waals surface area contributed by atoms with E-state index in [-0.39, 0.29) is 0 Å². The second kappa shape index (κ2) is 5.49. The van der Waals surface area contributed by atoms with E-state index in [1.165, 1.54) is 43.4 Å². The number of pyridine rings is 1. The van der Waals surface area contributed by atoms with Crippen LogP contribution in [0.2, 0.25) is 0 Å². The summed E-state index contributed by atoms with van der Waals surface area (Å²) in [6.45, 7) is 5.52. The smallest absolute Gasteiger partial charge is 0.0587 e. The number of nitrogens with zero attached hydrogens (tertiary/aromatic N) is 2. The molecule has 2 unspecified atom stereocenters. The van der Waals surface area contributed by atoms with Gasteiger partial charge in [-0.25, -0.2) is 0 Å². The molecule has 3 heteroatoms. The van der Waals surface area contributed by atoms with Crippen LogP contribution in [0.1, 0.15) is 44.6 Å². The number of hydrogen-bond donors (Lipinski definition) is 1. The Bertz CT molecular complexity index is 418. The second-order valence-corrected chi connectivity index (χ2v) is 6.03. The molecule has 2 saturated heterocycles. The first-order chi connectivity index (χ1) is 9.29. The third-order valence-corrected chi connectivity index (χ3v) is 4.76. The van der Waals surface area contributed by atoms with Crippen molar-refractivity contribution < 1.29 is 0 Å². The maximum absolute atomic E-state index is 4.35. The molecule has 0 saturated carbocycles. The molecule has 2 aliphatic heterocycles. The van der Waals surface area contributed by atoms with Crippen LogP contribution in [0.3, 0.4) is 0 Å². The van der Waals surface area contributed by atoms with Gasteiger partial charge in [0.1, 0.15) is 0 Å². The van der Waals surface area contributed by atoms with Crippen molar-refractivity contribution in [3.05, 3.63) is 24.0 Å². The quantitative estimate of drug-likeness (QED) is 0.904. The molecule has 2 bridgehead atoms. The number of hydrogen-bond acceptors (Lipinski definition) is 3. The highest BCUT2D eigenvalue weighted by Gasteiger charge is 2.38. The van der Waals surface area contributed by atoms with Gasteiger partial charge in [0, 0.05) is 24.3 Å². The molecule has 0 radical (unpaired) electrons. The molecule has 3 heterocycles. The van der Waals surface area contributed by atoms with E-state index < -0.39 is 0 Å². The van der Waals surface area contributed by atoms with Crippen molar-refractivity contribution in [1.82, 2.24) is 10.3 Å². The molecule has 0 amide bonds. The summed E-state index contributed by atoms with van der Waals surface area (Å²) in [6, 6.07) is 4.27. The van der Waals surface area contributed by atoms with E-state index in [2.05, 4.69) is 41.3 Å². The summed E-state index contributed by atoms with van der Waals surface area (Å²) in [4.78, 5) is 7.03. The molecule has 0 spiro atoms. The van der Waals surface area contributed by atoms with Crippen molar-refractivity contribution in [2.75, 3.05) is 11.4 Å². The van der Waals surface area contributed by atoms with E-state index in [0.717, 1.165) is 6.54 Å². The van der Waals surface area contributed by atoms with Crippen LogP contribution < -0.4 is 10.2 Å². The van der Waals surface area contributed by atoms with Crippen LogP contribution in [-0.2, 0) is 0 Å². The third kappa shape index (κ3) is 2.48. The Kier molecular flexibility index (Phi) is 3.74. The number of anilines is 1. The van der Waals surface area contributed by atoms with Crippen molar-refractivity contribution in [2.45, 2.75) is 64.1 Å². The van der Waals surface area contributed by atoms with Crippen LogP contribution in [0, 0.1) is 6.92 Å². The average molecular weight is 259 g/mol. The van der Waals surface area contributed by atoms with E-state index in [0.29, 0.717) is 18.1 Å². The van der Waals surface area contributed by atoms with Gasteiger partial charge in [-0.1, -0.05) is 6.92 Å². The van der Waals surface area contributed by atoms with Crippen LogP contribution in [0.25, 0.3) is 0 Å². The van der Waals surface area contributed by atoms with Crippen molar-refractivity contribution in [3.8, 4) is 0 Å². The lowest BCUT2D eigenvalue weighted by Crippen LogP contribution is -2.56. The zero-order valence-corrected chi connectivity index (χ0v) is 12.1. The predicted octanol–water partition coefficient (Wildman–Crippen LogP) is 2.89. The zero-order chi connectivity index (χ0) is 13.2. The highest BCUT2D eigenvalue weighted by Crippen LogP contribution is 2.38. The Labute approximate surface area is 116 Å². The molecule has 3 rings (SSSR count). The van der Waals surface area contributed by atoms with Crippen LogP contribution in [-0.4, -0.2) is 29.7 Å². The van der Waals surface area contributed by atoms with Gasteiger partial charge in [-0.15, -0.1) is 0 Å². The fraction of sp³-hybridized carbons (Fsp3) is 0.688. The Balaban J connectivity index is 1.85. The topological polar surface area (TPSA) is 28.2 Å². The lowest BCUT2D eigenvalue weighted by Gasteiger charge is -2.50. The fourth-order valence-electron chi connectivity index (χ4n) is 3.96. The van der Waals surface area contributed by atoms with E-state index >= 15 is 0 Å². The maximum atomic E-state index is 4.35. The molecule has 2 atom stereocenters. The maximum Gasteiger partial charge on any atom is 0.0587 e. The first kappa shape index (κ1) is 12.9. The van der Waals surface area contributed by atoms with Gasteiger partial charge in [0.15, 0.2) is 0 Å². The third-order valence-electron chi connectivity index (χ3n) is 4.76. The Hall–Kier alpha value is -1.09. The SMILES string of the molecule is CCNC1CC2CCCC(C1)N2c1cnccc1C. The van der Waals surface area contributed by atoms with E-state index in [1.807, 2.05) is 6.20 Å². The number of fused-ring (bicyclic) bond motifs is 2. The minimum absolute atomic E-state index is 0.708. The molecule has 2 fully saturated rings. The minimum Gasteiger partial charge on any atom is -0.364 e. The van der Waals surface area contributed by atoms with E-state index in [1.54, 1.807) is 0 Å². The Morgan fingerprint density at radius 2 is 2.05 bits per heavy atom. The van der Waals surface area contributed by atoms with Crippen molar-refractivity contribution >= 4 is 5.69 Å². The lowest BCUT2D eigenvalue weighted by molar-refractivity contribution is 0.247. The van der Waals surface area contributed by atoms with Crippen molar-refractivity contribution in [3.63, 3.8) is 0 Å². The second-order valence-electron chi connectivity index (χ2n) is 6.03. The summed E-state index contributed by atoms with van der Waals surface area (Å²) in [5.74, 6) is 0. The van der Waals surface area contributed by atoms with Gasteiger partial charge < -0.3 is 10.2 Å². The molecular formula is C16H25N3. The standard InChI is InChI=1S/C16H25N3/c1-3-18-13-9-14-5-4-6-15(10-13)19(14)16-11-17-8-7-12(16)2/h7-8,11,13-15,18H,3-6,9-10H2,1-2H3. The number of rotatable bonds is 3. The molecule has 2 aliphatic rings. The minimum atomic E-state index is 0.708. The highest BCUT2D eigenvalue weighted by atomic mass is 15.2. The van der Waals surface area contributed by atoms with Gasteiger partial charge in [-0.05, 0) is 57.2 Å². The van der Waals surface area contributed by atoms with Gasteiger partial charge in [-0.2, -0.15) is 0 Å². The molecule has 3 nitrogen and oxygen atoms in total. The first-order valence-electron chi connectivity index (χ1n) is 7.72. The number of piperidine rings is 2. The fourth-order valence-corrected chi connectivity index (χ4v) is 3.96. The molecule has 1 aromatic rings. The summed E-state index contributed by atoms with van der Waals surface area (Å²) in [7, 11) is 0.